The average Bonchev–Trinajstić information content (AvgIpc) is 2.77. The van der Waals surface area contributed by atoms with Crippen LogP contribution in [0.15, 0.2) is 18.2 Å². The average molecular weight is 230 g/mol. The Balaban J connectivity index is 2.36. The Kier molecular flexibility index (Phi) is 1.18. The first-order chi connectivity index (χ1) is 11.2. The van der Waals surface area contributed by atoms with E-state index in [0.717, 1.165) is 18.2 Å². The minimum Gasteiger partial charge on any atom is -0.490 e. The van der Waals surface area contributed by atoms with Crippen molar-refractivity contribution in [1.29, 1.82) is 0 Å². The fourth-order valence-corrected chi connectivity index (χ4v) is 1.21. The summed E-state index contributed by atoms with van der Waals surface area (Å²) in [6.45, 7) is -8.23. The number of benzene rings is 1. The van der Waals surface area contributed by atoms with Crippen molar-refractivity contribution in [3.05, 3.63) is 29.3 Å². The number of hydrogen-bond donors (Lipinski definition) is 1. The summed E-state index contributed by atoms with van der Waals surface area (Å²) in [5, 5.41) is 0.415. The van der Waals surface area contributed by atoms with Crippen LogP contribution in [0, 0.1) is 13.7 Å². The number of carbonyl (C=O) groups is 1. The second-order valence-corrected chi connectivity index (χ2v) is 3.18. The summed E-state index contributed by atoms with van der Waals surface area (Å²) < 4.78 is 77.3. The topological polar surface area (TPSA) is 47.6 Å². The predicted molar refractivity (Wildman–Crippen MR) is 59.7 cm³/mol. The maximum atomic E-state index is 11.2. The molecule has 0 aromatic heterocycles. The number of carbonyl (C=O) groups excluding carboxylic acids is 1. The molecule has 4 nitrogen and oxygen atoms in total. The Morgan fingerprint density at radius 2 is 2.38 bits per heavy atom. The van der Waals surface area contributed by atoms with Crippen LogP contribution in [-0.4, -0.2) is 25.3 Å². The van der Waals surface area contributed by atoms with E-state index in [9.17, 15) is 4.79 Å². The number of hydrogen-bond acceptors (Lipinski definition) is 3. The molecule has 1 aliphatic heterocycles. The Hall–Kier alpha value is -1.71. The fourth-order valence-electron chi connectivity index (χ4n) is 1.21. The van der Waals surface area contributed by atoms with Crippen molar-refractivity contribution < 1.29 is 26.6 Å². The van der Waals surface area contributed by atoms with Gasteiger partial charge < -0.3 is 14.8 Å². The van der Waals surface area contributed by atoms with Crippen LogP contribution in [-0.2, 0) is 4.74 Å². The number of aryl methyl sites for hydroxylation is 2. The van der Waals surface area contributed by atoms with E-state index < -0.39 is 39.0 Å². The van der Waals surface area contributed by atoms with E-state index in [1.807, 2.05) is 0 Å². The van der Waals surface area contributed by atoms with E-state index >= 15 is 0 Å². The molecule has 1 unspecified atom stereocenters. The molecule has 1 amide bonds. The second-order valence-electron chi connectivity index (χ2n) is 3.18. The number of alkyl carbamates (subject to hydrolysis) is 1. The number of cyclic esters (lactones) is 1. The maximum absolute atomic E-state index is 11.2. The van der Waals surface area contributed by atoms with E-state index in [1.165, 1.54) is 0 Å². The zero-order chi connectivity index (χ0) is 19.2. The highest BCUT2D eigenvalue weighted by molar-refractivity contribution is 5.69. The first kappa shape index (κ1) is 4.28. The van der Waals surface area contributed by atoms with Crippen molar-refractivity contribution in [2.24, 2.45) is 0 Å². The Labute approximate surface area is 107 Å². The molecule has 0 aliphatic carbocycles. The molecule has 1 heterocycles. The van der Waals surface area contributed by atoms with Crippen LogP contribution in [0.1, 0.15) is 22.1 Å². The van der Waals surface area contributed by atoms with E-state index in [1.54, 1.807) is 0 Å². The molecule has 1 saturated heterocycles. The van der Waals surface area contributed by atoms with Crippen molar-refractivity contribution in [2.45, 2.75) is 19.8 Å². The number of rotatable bonds is 3. The highest BCUT2D eigenvalue weighted by Gasteiger charge is 2.22. The largest absolute Gasteiger partial charge is 0.490 e. The normalized spacial score (nSPS) is 30.5. The third-order valence-electron chi connectivity index (χ3n) is 1.84. The smallest absolute Gasteiger partial charge is 0.407 e. The molecule has 0 spiro atoms. The van der Waals surface area contributed by atoms with E-state index in [2.05, 4.69) is 4.74 Å². The second kappa shape index (κ2) is 4.43. The first-order valence-corrected chi connectivity index (χ1v) is 4.52. The van der Waals surface area contributed by atoms with Gasteiger partial charge in [-0.15, -0.1) is 0 Å². The molecule has 16 heavy (non-hydrogen) atoms. The van der Waals surface area contributed by atoms with Crippen molar-refractivity contribution >= 4 is 6.09 Å². The molecule has 1 N–H and O–H groups in total. The van der Waals surface area contributed by atoms with E-state index in [-0.39, 0.29) is 16.9 Å². The van der Waals surface area contributed by atoms with Crippen LogP contribution >= 0.6 is 0 Å². The molecule has 0 bridgehead atoms. The third-order valence-corrected chi connectivity index (χ3v) is 1.84. The standard InChI is InChI=1S/C12H15NO3/c1-8-3-9(2)5-10(4-8)15-7-11-6-13-12(14)16-11/h3-5,11H,6-7H2,1-2H3,(H,13,14)/i1D3,2D3,7D2/hD. The van der Waals surface area contributed by atoms with Crippen LogP contribution in [0.4, 0.5) is 4.79 Å². The molecule has 1 fully saturated rings. The van der Waals surface area contributed by atoms with Crippen LogP contribution in [0.5, 0.6) is 5.75 Å². The molecule has 0 radical (unpaired) electrons. The monoisotopic (exact) mass is 230 g/mol. The molecular weight excluding hydrogens is 206 g/mol. The molecule has 1 aromatic carbocycles. The molecule has 1 aromatic rings. The Morgan fingerprint density at radius 3 is 2.94 bits per heavy atom. The molecule has 4 heteroatoms. The lowest BCUT2D eigenvalue weighted by molar-refractivity contribution is 0.105. The summed E-state index contributed by atoms with van der Waals surface area (Å²) in [7, 11) is 0. The maximum Gasteiger partial charge on any atom is 0.407 e. The summed E-state index contributed by atoms with van der Waals surface area (Å²) >= 11 is 0. The Morgan fingerprint density at radius 1 is 1.62 bits per heavy atom. The third kappa shape index (κ3) is 2.66. The zero-order valence-corrected chi connectivity index (χ0v) is 8.19. The minimum absolute atomic E-state index is 0.322. The van der Waals surface area contributed by atoms with Gasteiger partial charge in [-0.05, 0) is 37.0 Å². The summed E-state index contributed by atoms with van der Waals surface area (Å²) in [5.74, 6) is -0.329. The number of ether oxygens (including phenoxy) is 2. The summed E-state index contributed by atoms with van der Waals surface area (Å²) in [4.78, 5) is 11.2. The van der Waals surface area contributed by atoms with Gasteiger partial charge in [0.05, 0.1) is 9.29 Å². The SMILES string of the molecule is [2H]N1CC(C([2H])([2H])Oc2cc(C([2H])([2H])[2H])cc(C([2H])([2H])[2H])c2)OC1=O. The van der Waals surface area contributed by atoms with Crippen LogP contribution in [0.3, 0.4) is 0 Å². The van der Waals surface area contributed by atoms with Gasteiger partial charge in [0.15, 0.2) is 7.52 Å². The van der Waals surface area contributed by atoms with Crippen molar-refractivity contribution in [1.82, 2.24) is 5.31 Å². The van der Waals surface area contributed by atoms with Gasteiger partial charge in [-0.3, -0.25) is 0 Å². The van der Waals surface area contributed by atoms with E-state index in [4.69, 9.17) is 17.1 Å². The molecular formula is C12H15NO3. The molecule has 1 aliphatic rings. The highest BCUT2D eigenvalue weighted by atomic mass is 16.6. The lowest BCUT2D eigenvalue weighted by Gasteiger charge is -2.11. The predicted octanol–water partition coefficient (Wildman–Crippen LogP) is 1.79. The van der Waals surface area contributed by atoms with Gasteiger partial charge in [0.2, 0.25) is 0 Å². The highest BCUT2D eigenvalue weighted by Crippen LogP contribution is 2.16. The van der Waals surface area contributed by atoms with Gasteiger partial charge in [0, 0.05) is 8.22 Å². The molecule has 0 saturated carbocycles. The van der Waals surface area contributed by atoms with Gasteiger partial charge in [0.1, 0.15) is 12.3 Å². The van der Waals surface area contributed by atoms with Crippen molar-refractivity contribution in [3.8, 4) is 5.75 Å². The van der Waals surface area contributed by atoms with Crippen LogP contribution in [0.2, 0.25) is 1.41 Å². The Bertz CT molecular complexity index is 639. The summed E-state index contributed by atoms with van der Waals surface area (Å²) in [6.07, 6.45) is -2.47. The van der Waals surface area contributed by atoms with Gasteiger partial charge >= 0.3 is 6.09 Å². The summed E-state index contributed by atoms with van der Waals surface area (Å²) in [6, 6.07) is 3.01. The van der Waals surface area contributed by atoms with Crippen molar-refractivity contribution in [3.63, 3.8) is 0 Å². The van der Waals surface area contributed by atoms with Gasteiger partial charge in [0.25, 0.3) is 0 Å². The number of nitrogens with one attached hydrogen (secondary N) is 1. The minimum atomic E-state index is -2.62. The van der Waals surface area contributed by atoms with Crippen LogP contribution < -0.4 is 10.0 Å². The van der Waals surface area contributed by atoms with Gasteiger partial charge in [-0.2, -0.15) is 0 Å². The summed E-state index contributed by atoms with van der Waals surface area (Å²) in [5.41, 5.74) is -0.644. The molecule has 1 atom stereocenters. The lowest BCUT2D eigenvalue weighted by Crippen LogP contribution is -2.21. The molecule has 86 valence electrons. The van der Waals surface area contributed by atoms with Gasteiger partial charge in [-0.25, -0.2) is 4.79 Å². The van der Waals surface area contributed by atoms with Gasteiger partial charge in [-0.1, -0.05) is 6.07 Å². The first-order valence-electron chi connectivity index (χ1n) is 8.97. The van der Waals surface area contributed by atoms with E-state index in [0.29, 0.717) is 5.31 Å². The quantitative estimate of drug-likeness (QED) is 0.861. The van der Waals surface area contributed by atoms with Crippen molar-refractivity contribution in [2.75, 3.05) is 13.1 Å². The zero-order valence-electron chi connectivity index (χ0n) is 17.2. The number of amides is 1. The lowest BCUT2D eigenvalue weighted by atomic mass is 10.1. The fraction of sp³-hybridized carbons (Fsp3) is 0.417. The van der Waals surface area contributed by atoms with Crippen LogP contribution in [0.25, 0.3) is 0 Å². The molecule has 2 rings (SSSR count).